The van der Waals surface area contributed by atoms with Crippen LogP contribution in [0, 0.1) is 6.92 Å². The van der Waals surface area contributed by atoms with Gasteiger partial charge in [0.05, 0.1) is 6.20 Å². The average Bonchev–Trinajstić information content (AvgIpc) is 2.77. The van der Waals surface area contributed by atoms with Crippen molar-refractivity contribution < 1.29 is 4.79 Å². The summed E-state index contributed by atoms with van der Waals surface area (Å²) in [6.45, 7) is 4.73. The topological polar surface area (TPSA) is 47.8 Å². The average molecular weight is 229 g/mol. The second-order valence-electron chi connectivity index (χ2n) is 4.04. The molecule has 2 aromatic rings. The Morgan fingerprint density at radius 2 is 2.24 bits per heavy atom. The minimum Gasteiger partial charge on any atom is -0.287 e. The number of nitrogens with zero attached hydrogens (tertiary/aromatic N) is 3. The van der Waals surface area contributed by atoms with E-state index in [0.29, 0.717) is 17.8 Å². The van der Waals surface area contributed by atoms with E-state index in [4.69, 9.17) is 0 Å². The lowest BCUT2D eigenvalue weighted by Gasteiger charge is -2.04. The first-order valence-electron chi connectivity index (χ1n) is 5.72. The van der Waals surface area contributed by atoms with Crippen LogP contribution in [0.25, 0.3) is 0 Å². The summed E-state index contributed by atoms with van der Waals surface area (Å²) in [4.78, 5) is 12.3. The quantitative estimate of drug-likeness (QED) is 0.755. The van der Waals surface area contributed by atoms with Crippen molar-refractivity contribution in [3.63, 3.8) is 0 Å². The van der Waals surface area contributed by atoms with E-state index >= 15 is 0 Å². The summed E-state index contributed by atoms with van der Waals surface area (Å²) < 4.78 is 1.66. The minimum atomic E-state index is -0.0212. The maximum absolute atomic E-state index is 12.3. The predicted molar refractivity (Wildman–Crippen MR) is 64.9 cm³/mol. The third-order valence-electron chi connectivity index (χ3n) is 2.57. The Morgan fingerprint density at radius 1 is 1.41 bits per heavy atom. The predicted octanol–water partition coefficient (Wildman–Crippen LogP) is 2.23. The van der Waals surface area contributed by atoms with E-state index in [1.807, 2.05) is 38.1 Å². The highest BCUT2D eigenvalue weighted by molar-refractivity contribution is 6.07. The highest BCUT2D eigenvalue weighted by atomic mass is 16.1. The van der Waals surface area contributed by atoms with Crippen LogP contribution in [0.3, 0.4) is 0 Å². The van der Waals surface area contributed by atoms with Gasteiger partial charge >= 0.3 is 0 Å². The second kappa shape index (κ2) is 4.91. The Morgan fingerprint density at radius 3 is 2.94 bits per heavy atom. The third-order valence-corrected chi connectivity index (χ3v) is 2.57. The smallest absolute Gasteiger partial charge is 0.212 e. The molecule has 0 unspecified atom stereocenters. The van der Waals surface area contributed by atoms with E-state index in [-0.39, 0.29) is 5.78 Å². The van der Waals surface area contributed by atoms with Crippen LogP contribution >= 0.6 is 0 Å². The van der Waals surface area contributed by atoms with Crippen LogP contribution in [0.1, 0.15) is 35.0 Å². The van der Waals surface area contributed by atoms with Gasteiger partial charge in [-0.25, -0.2) is 4.68 Å². The van der Waals surface area contributed by atoms with Crippen LogP contribution in [-0.2, 0) is 6.54 Å². The van der Waals surface area contributed by atoms with Crippen LogP contribution in [0.2, 0.25) is 0 Å². The SMILES string of the molecule is CCCn1nncc1C(=O)c1cccc(C)c1. The van der Waals surface area contributed by atoms with Gasteiger partial charge in [0, 0.05) is 12.1 Å². The molecule has 17 heavy (non-hydrogen) atoms. The molecule has 0 aliphatic rings. The van der Waals surface area contributed by atoms with E-state index in [9.17, 15) is 4.79 Å². The van der Waals surface area contributed by atoms with Gasteiger partial charge in [0.2, 0.25) is 5.78 Å². The van der Waals surface area contributed by atoms with Gasteiger partial charge in [-0.05, 0) is 19.4 Å². The summed E-state index contributed by atoms with van der Waals surface area (Å²) in [5, 5.41) is 7.72. The van der Waals surface area contributed by atoms with E-state index < -0.39 is 0 Å². The van der Waals surface area contributed by atoms with Gasteiger partial charge in [0.15, 0.2) is 0 Å². The molecule has 4 heteroatoms. The molecular weight excluding hydrogens is 214 g/mol. The van der Waals surface area contributed by atoms with Gasteiger partial charge < -0.3 is 0 Å². The molecule has 0 N–H and O–H groups in total. The number of carbonyl (C=O) groups excluding carboxylic acids is 1. The van der Waals surface area contributed by atoms with Crippen molar-refractivity contribution in [2.24, 2.45) is 0 Å². The van der Waals surface area contributed by atoms with Gasteiger partial charge in [-0.15, -0.1) is 5.10 Å². The number of aromatic nitrogens is 3. The van der Waals surface area contributed by atoms with E-state index in [1.165, 1.54) is 6.20 Å². The van der Waals surface area contributed by atoms with E-state index in [0.717, 1.165) is 12.0 Å². The zero-order valence-electron chi connectivity index (χ0n) is 10.1. The molecule has 88 valence electrons. The van der Waals surface area contributed by atoms with Crippen LogP contribution in [0.5, 0.6) is 0 Å². The largest absolute Gasteiger partial charge is 0.287 e. The molecule has 2 rings (SSSR count). The van der Waals surface area contributed by atoms with Gasteiger partial charge in [0.1, 0.15) is 5.69 Å². The molecule has 4 nitrogen and oxygen atoms in total. The lowest BCUT2D eigenvalue weighted by atomic mass is 10.1. The van der Waals surface area contributed by atoms with Crippen LogP contribution in [-0.4, -0.2) is 20.8 Å². The molecular formula is C13H15N3O. The Kier molecular flexibility index (Phi) is 3.32. The first-order valence-corrected chi connectivity index (χ1v) is 5.72. The standard InChI is InChI=1S/C13H15N3O/c1-3-7-16-12(9-14-15-16)13(17)11-6-4-5-10(2)8-11/h4-6,8-9H,3,7H2,1-2H3. The summed E-state index contributed by atoms with van der Waals surface area (Å²) in [5.41, 5.74) is 2.31. The van der Waals surface area contributed by atoms with Crippen molar-refractivity contribution in [3.05, 3.63) is 47.3 Å². The Balaban J connectivity index is 2.33. The number of carbonyl (C=O) groups is 1. The minimum absolute atomic E-state index is 0.0212. The molecule has 1 heterocycles. The van der Waals surface area contributed by atoms with Crippen LogP contribution < -0.4 is 0 Å². The zero-order chi connectivity index (χ0) is 12.3. The van der Waals surface area contributed by atoms with Crippen molar-refractivity contribution >= 4 is 5.78 Å². The van der Waals surface area contributed by atoms with E-state index in [1.54, 1.807) is 4.68 Å². The summed E-state index contributed by atoms with van der Waals surface area (Å²) in [5.74, 6) is -0.0212. The molecule has 0 atom stereocenters. The molecule has 1 aromatic carbocycles. The van der Waals surface area contributed by atoms with Crippen molar-refractivity contribution in [1.82, 2.24) is 15.0 Å². The Hall–Kier alpha value is -1.97. The summed E-state index contributed by atoms with van der Waals surface area (Å²) in [6, 6.07) is 7.55. The van der Waals surface area contributed by atoms with Crippen molar-refractivity contribution in [2.45, 2.75) is 26.8 Å². The monoisotopic (exact) mass is 229 g/mol. The normalized spacial score (nSPS) is 10.5. The summed E-state index contributed by atoms with van der Waals surface area (Å²) in [7, 11) is 0. The second-order valence-corrected chi connectivity index (χ2v) is 4.04. The molecule has 0 saturated carbocycles. The first kappa shape index (κ1) is 11.5. The molecule has 0 aliphatic heterocycles. The molecule has 0 saturated heterocycles. The molecule has 0 bridgehead atoms. The van der Waals surface area contributed by atoms with Gasteiger partial charge in [0.25, 0.3) is 0 Å². The maximum atomic E-state index is 12.3. The third kappa shape index (κ3) is 2.41. The molecule has 0 aliphatic carbocycles. The fraction of sp³-hybridized carbons (Fsp3) is 0.308. The fourth-order valence-electron chi connectivity index (χ4n) is 1.74. The summed E-state index contributed by atoms with van der Waals surface area (Å²) >= 11 is 0. The van der Waals surface area contributed by atoms with Gasteiger partial charge in [-0.1, -0.05) is 35.9 Å². The molecule has 0 fully saturated rings. The van der Waals surface area contributed by atoms with Gasteiger partial charge in [-0.3, -0.25) is 4.79 Å². The highest BCUT2D eigenvalue weighted by Gasteiger charge is 2.14. The number of aryl methyl sites for hydroxylation is 2. The number of benzene rings is 1. The number of hydrogen-bond acceptors (Lipinski definition) is 3. The maximum Gasteiger partial charge on any atom is 0.212 e. The Bertz CT molecular complexity index is 531. The Labute approximate surface area is 100 Å². The first-order chi connectivity index (χ1) is 8.22. The number of ketones is 1. The van der Waals surface area contributed by atoms with E-state index in [2.05, 4.69) is 10.3 Å². The van der Waals surface area contributed by atoms with Crippen molar-refractivity contribution in [2.75, 3.05) is 0 Å². The summed E-state index contributed by atoms with van der Waals surface area (Å²) in [6.07, 6.45) is 2.46. The molecule has 0 radical (unpaired) electrons. The fourth-order valence-corrected chi connectivity index (χ4v) is 1.74. The molecule has 1 aromatic heterocycles. The van der Waals surface area contributed by atoms with Crippen molar-refractivity contribution in [1.29, 1.82) is 0 Å². The molecule has 0 amide bonds. The van der Waals surface area contributed by atoms with Gasteiger partial charge in [-0.2, -0.15) is 0 Å². The molecule has 0 spiro atoms. The lowest BCUT2D eigenvalue weighted by molar-refractivity contribution is 0.102. The number of hydrogen-bond donors (Lipinski definition) is 0. The van der Waals surface area contributed by atoms with Crippen LogP contribution in [0.15, 0.2) is 30.5 Å². The lowest BCUT2D eigenvalue weighted by Crippen LogP contribution is -2.11. The highest BCUT2D eigenvalue weighted by Crippen LogP contribution is 2.10. The van der Waals surface area contributed by atoms with Crippen molar-refractivity contribution in [3.8, 4) is 0 Å². The zero-order valence-corrected chi connectivity index (χ0v) is 10.1. The van der Waals surface area contributed by atoms with Crippen LogP contribution in [0.4, 0.5) is 0 Å². The number of rotatable bonds is 4.